The van der Waals surface area contributed by atoms with E-state index in [0.717, 1.165) is 6.54 Å². The maximum absolute atomic E-state index is 2.58. The fraction of sp³-hybridized carbons (Fsp3) is 0.579. The molecule has 1 heterocycles. The Kier molecular flexibility index (Phi) is 4.00. The number of nitrogens with zero attached hydrogens (tertiary/aromatic N) is 1. The molecule has 0 aromatic heterocycles. The second-order valence-corrected chi connectivity index (χ2v) is 6.91. The zero-order valence-corrected chi connectivity index (χ0v) is 14.4. The van der Waals surface area contributed by atoms with Crippen LogP contribution in [0.1, 0.15) is 69.7 Å². The first-order valence-corrected chi connectivity index (χ1v) is 7.83. The van der Waals surface area contributed by atoms with Crippen LogP contribution in [0, 0.1) is 13.8 Å². The standard InChI is InChI=1S/C19H29N/c1-11(2)17-9-13(5)15(7)18-16(8)14(6)10-20(12(3)4)19(17)18/h9,11-12H,10H2,1-8H3. The van der Waals surface area contributed by atoms with E-state index in [1.54, 1.807) is 0 Å². The largest absolute Gasteiger partial charge is 0.364 e. The molecule has 2 rings (SSSR count). The van der Waals surface area contributed by atoms with E-state index >= 15 is 0 Å². The predicted molar refractivity (Wildman–Crippen MR) is 90.8 cm³/mol. The maximum atomic E-state index is 2.58. The lowest BCUT2D eigenvalue weighted by atomic mass is 9.84. The number of rotatable bonds is 2. The molecule has 0 fully saturated rings. The van der Waals surface area contributed by atoms with Gasteiger partial charge in [0.25, 0.3) is 0 Å². The van der Waals surface area contributed by atoms with Crippen LogP contribution in [0.5, 0.6) is 0 Å². The van der Waals surface area contributed by atoms with Crippen LogP contribution in [0.2, 0.25) is 0 Å². The van der Waals surface area contributed by atoms with Crippen LogP contribution in [-0.4, -0.2) is 12.6 Å². The van der Waals surface area contributed by atoms with E-state index in [4.69, 9.17) is 0 Å². The Morgan fingerprint density at radius 3 is 2.10 bits per heavy atom. The van der Waals surface area contributed by atoms with Gasteiger partial charge in [-0.05, 0) is 69.7 Å². The molecule has 1 aromatic rings. The summed E-state index contributed by atoms with van der Waals surface area (Å²) in [4.78, 5) is 2.58. The minimum atomic E-state index is 0.538. The highest BCUT2D eigenvalue weighted by Crippen LogP contribution is 2.43. The summed E-state index contributed by atoms with van der Waals surface area (Å²) in [5.41, 5.74) is 10.3. The third-order valence-electron chi connectivity index (χ3n) is 4.80. The van der Waals surface area contributed by atoms with E-state index in [1.807, 2.05) is 0 Å². The average molecular weight is 271 g/mol. The van der Waals surface area contributed by atoms with Crippen molar-refractivity contribution in [2.24, 2.45) is 0 Å². The number of fused-ring (bicyclic) bond motifs is 1. The van der Waals surface area contributed by atoms with Crippen molar-refractivity contribution in [1.82, 2.24) is 0 Å². The fourth-order valence-electron chi connectivity index (χ4n) is 3.24. The van der Waals surface area contributed by atoms with Crippen molar-refractivity contribution < 1.29 is 0 Å². The molecule has 1 aliphatic heterocycles. The first-order valence-electron chi connectivity index (χ1n) is 7.83. The van der Waals surface area contributed by atoms with Gasteiger partial charge in [0.15, 0.2) is 0 Å². The molecule has 1 aromatic carbocycles. The fourth-order valence-corrected chi connectivity index (χ4v) is 3.24. The van der Waals surface area contributed by atoms with Gasteiger partial charge in [0.2, 0.25) is 0 Å². The minimum Gasteiger partial charge on any atom is -0.364 e. The van der Waals surface area contributed by atoms with Crippen molar-refractivity contribution in [2.45, 2.75) is 67.3 Å². The number of aryl methyl sites for hydroxylation is 1. The molecular weight excluding hydrogens is 242 g/mol. The summed E-state index contributed by atoms with van der Waals surface area (Å²) in [7, 11) is 0. The quantitative estimate of drug-likeness (QED) is 0.691. The summed E-state index contributed by atoms with van der Waals surface area (Å²) < 4.78 is 0. The number of hydrogen-bond acceptors (Lipinski definition) is 1. The number of benzene rings is 1. The van der Waals surface area contributed by atoms with E-state index in [0.29, 0.717) is 12.0 Å². The van der Waals surface area contributed by atoms with E-state index in [1.165, 1.54) is 39.1 Å². The lowest BCUT2D eigenvalue weighted by molar-refractivity contribution is 0.694. The summed E-state index contributed by atoms with van der Waals surface area (Å²) >= 11 is 0. The molecule has 0 amide bonds. The molecule has 0 N–H and O–H groups in total. The van der Waals surface area contributed by atoms with Crippen molar-refractivity contribution in [3.8, 4) is 0 Å². The Hall–Kier alpha value is -1.24. The van der Waals surface area contributed by atoms with Gasteiger partial charge in [-0.3, -0.25) is 0 Å². The molecule has 0 atom stereocenters. The molecule has 1 nitrogen and oxygen atoms in total. The Morgan fingerprint density at radius 1 is 1.00 bits per heavy atom. The first-order chi connectivity index (χ1) is 9.25. The molecule has 110 valence electrons. The lowest BCUT2D eigenvalue weighted by Gasteiger charge is -2.39. The van der Waals surface area contributed by atoms with E-state index in [9.17, 15) is 0 Å². The maximum Gasteiger partial charge on any atom is 0.0485 e. The molecule has 0 radical (unpaired) electrons. The third kappa shape index (κ3) is 2.28. The van der Waals surface area contributed by atoms with Crippen molar-refractivity contribution in [3.63, 3.8) is 0 Å². The van der Waals surface area contributed by atoms with Crippen LogP contribution in [-0.2, 0) is 0 Å². The molecule has 0 spiro atoms. The van der Waals surface area contributed by atoms with Gasteiger partial charge in [0.1, 0.15) is 0 Å². The van der Waals surface area contributed by atoms with Crippen LogP contribution in [0.4, 0.5) is 5.69 Å². The Morgan fingerprint density at radius 2 is 1.60 bits per heavy atom. The van der Waals surface area contributed by atoms with Gasteiger partial charge in [-0.15, -0.1) is 0 Å². The molecular formula is C19H29N. The van der Waals surface area contributed by atoms with Crippen LogP contribution in [0.15, 0.2) is 11.6 Å². The van der Waals surface area contributed by atoms with E-state index in [2.05, 4.69) is 66.4 Å². The van der Waals surface area contributed by atoms with Crippen LogP contribution >= 0.6 is 0 Å². The molecule has 20 heavy (non-hydrogen) atoms. The van der Waals surface area contributed by atoms with Gasteiger partial charge < -0.3 is 4.90 Å². The van der Waals surface area contributed by atoms with Gasteiger partial charge >= 0.3 is 0 Å². The lowest BCUT2D eigenvalue weighted by Crippen LogP contribution is -2.36. The van der Waals surface area contributed by atoms with E-state index < -0.39 is 0 Å². The van der Waals surface area contributed by atoms with Gasteiger partial charge in [-0.25, -0.2) is 0 Å². The van der Waals surface area contributed by atoms with Gasteiger partial charge in [-0.1, -0.05) is 25.5 Å². The van der Waals surface area contributed by atoms with Gasteiger partial charge in [0, 0.05) is 23.8 Å². The van der Waals surface area contributed by atoms with Crippen LogP contribution < -0.4 is 4.90 Å². The second kappa shape index (κ2) is 5.27. The van der Waals surface area contributed by atoms with Crippen molar-refractivity contribution >= 4 is 11.3 Å². The molecule has 0 aliphatic carbocycles. The molecule has 1 heteroatoms. The summed E-state index contributed by atoms with van der Waals surface area (Å²) in [6.45, 7) is 19.4. The van der Waals surface area contributed by atoms with Crippen LogP contribution in [0.25, 0.3) is 5.57 Å². The van der Waals surface area contributed by atoms with Gasteiger partial charge in [-0.2, -0.15) is 0 Å². The molecule has 0 unspecified atom stereocenters. The topological polar surface area (TPSA) is 3.24 Å². The molecule has 0 bridgehead atoms. The van der Waals surface area contributed by atoms with E-state index in [-0.39, 0.29) is 0 Å². The zero-order chi connectivity index (χ0) is 15.2. The second-order valence-electron chi connectivity index (χ2n) is 6.91. The number of allylic oxidation sites excluding steroid dienone is 1. The summed E-state index contributed by atoms with van der Waals surface area (Å²) in [6.07, 6.45) is 0. The van der Waals surface area contributed by atoms with Crippen LogP contribution in [0.3, 0.4) is 0 Å². The van der Waals surface area contributed by atoms with Crippen molar-refractivity contribution in [2.75, 3.05) is 11.4 Å². The van der Waals surface area contributed by atoms with Crippen molar-refractivity contribution in [1.29, 1.82) is 0 Å². The zero-order valence-electron chi connectivity index (χ0n) is 14.4. The first kappa shape index (κ1) is 15.2. The third-order valence-corrected chi connectivity index (χ3v) is 4.80. The highest BCUT2D eigenvalue weighted by Gasteiger charge is 2.27. The number of anilines is 1. The molecule has 1 aliphatic rings. The highest BCUT2D eigenvalue weighted by atomic mass is 15.2. The molecule has 0 saturated carbocycles. The Labute approximate surface area is 124 Å². The van der Waals surface area contributed by atoms with Crippen molar-refractivity contribution in [3.05, 3.63) is 33.9 Å². The summed E-state index contributed by atoms with van der Waals surface area (Å²) in [5.74, 6) is 0.565. The predicted octanol–water partition coefficient (Wildman–Crippen LogP) is 5.45. The summed E-state index contributed by atoms with van der Waals surface area (Å²) in [6, 6.07) is 2.94. The summed E-state index contributed by atoms with van der Waals surface area (Å²) in [5, 5.41) is 0. The monoisotopic (exact) mass is 271 g/mol. The molecule has 0 saturated heterocycles. The smallest absolute Gasteiger partial charge is 0.0485 e. The number of hydrogen-bond donors (Lipinski definition) is 0. The minimum absolute atomic E-state index is 0.538. The van der Waals surface area contributed by atoms with Gasteiger partial charge in [0.05, 0.1) is 0 Å². The Balaban J connectivity index is 2.84. The SMILES string of the molecule is CC1=C(C)c2c(C)c(C)cc(C(C)C)c2N(C(C)C)C1. The average Bonchev–Trinajstić information content (AvgIpc) is 2.36. The normalized spacial score (nSPS) is 15.4. The Bertz CT molecular complexity index is 562. The highest BCUT2D eigenvalue weighted by molar-refractivity contribution is 5.86.